The van der Waals surface area contributed by atoms with E-state index in [0.717, 1.165) is 69.6 Å². The van der Waals surface area contributed by atoms with Gasteiger partial charge in [0.25, 0.3) is 0 Å². The van der Waals surface area contributed by atoms with Gasteiger partial charge in [-0.15, -0.1) is 0 Å². The lowest BCUT2D eigenvalue weighted by molar-refractivity contribution is -0.156. The number of hydrogen-bond donors (Lipinski definition) is 6. The Morgan fingerprint density at radius 1 is 0.620 bits per heavy atom. The molecule has 2 aliphatic rings. The van der Waals surface area contributed by atoms with Crippen molar-refractivity contribution < 1.29 is 55.7 Å². The zero-order chi connectivity index (χ0) is 52.9. The van der Waals surface area contributed by atoms with Crippen molar-refractivity contribution in [3.05, 3.63) is 82.2 Å². The first-order valence-corrected chi connectivity index (χ1v) is 23.0. The topological polar surface area (TPSA) is 282 Å². The number of carbonyl (C=O) groups is 5. The number of amides is 1. The second kappa shape index (κ2) is 28.6. The molecule has 0 bridgehead atoms. The van der Waals surface area contributed by atoms with Crippen molar-refractivity contribution in [2.24, 2.45) is 5.73 Å². The highest BCUT2D eigenvalue weighted by Crippen LogP contribution is 2.30. The first-order chi connectivity index (χ1) is 33.7. The molecule has 2 aliphatic carbocycles. The van der Waals surface area contributed by atoms with E-state index in [1.807, 2.05) is 0 Å². The molecule has 2 aromatic heterocycles. The number of nitrogens with one attached hydrogen (secondary N) is 3. The first-order valence-electron chi connectivity index (χ1n) is 23.0. The van der Waals surface area contributed by atoms with Crippen molar-refractivity contribution in [3.63, 3.8) is 0 Å². The molecule has 2 saturated carbocycles. The molecule has 71 heavy (non-hydrogen) atoms. The standard InChI is InChI=1S/C20H23F2N5O3.C18H21F2N5O2.C6H15N.C4H6O3/c1-10(28)25-11-3-5-12(6-4-11)26-20-24-9-13(19(23)27-20)18(29)16-15(30-2)8-7-14(21)17(16)22;1-27-13-7-6-12(19)15(20)14(13)16(26)11-8-23-18(25-17(11)22)24-10-4-2-9(21)3-5-10;1-4-7(5-2)6-3;1-3(5)7-4(2)6/h7-9,11-12H,3-6H2,1-2H3,(H,25,28)(H3,23,24,26,27);6-10H,2-5,21H2,1H3,(H3,22,23,24,25);4-6H2,1-3H3;1-2H3. The fourth-order valence-electron chi connectivity index (χ4n) is 7.55. The van der Waals surface area contributed by atoms with Crippen molar-refractivity contribution in [2.45, 2.75) is 117 Å². The molecule has 0 saturated heterocycles. The van der Waals surface area contributed by atoms with E-state index in [0.29, 0.717) is 0 Å². The monoisotopic (exact) mass is 999 g/mol. The van der Waals surface area contributed by atoms with Gasteiger partial charge in [-0.05, 0) is 95.3 Å². The summed E-state index contributed by atoms with van der Waals surface area (Å²) >= 11 is 0. The quantitative estimate of drug-likeness (QED) is 0.0358. The minimum absolute atomic E-state index is 0.0471. The Balaban J connectivity index is 0.000000297. The van der Waals surface area contributed by atoms with Crippen molar-refractivity contribution in [1.82, 2.24) is 30.2 Å². The number of anilines is 4. The summed E-state index contributed by atoms with van der Waals surface area (Å²) in [6.07, 6.45) is 9.22. The molecule has 388 valence electrons. The molecule has 9 N–H and O–H groups in total. The van der Waals surface area contributed by atoms with Crippen molar-refractivity contribution in [2.75, 3.05) is 56.0 Å². The maximum Gasteiger partial charge on any atom is 0.310 e. The number of aromatic nitrogens is 4. The number of ketones is 2. The summed E-state index contributed by atoms with van der Waals surface area (Å²) in [5, 5.41) is 9.23. The van der Waals surface area contributed by atoms with Crippen LogP contribution in [0.5, 0.6) is 11.5 Å². The third-order valence-corrected chi connectivity index (χ3v) is 11.3. The number of nitrogens with two attached hydrogens (primary N) is 3. The second-order valence-corrected chi connectivity index (χ2v) is 16.4. The zero-order valence-corrected chi connectivity index (χ0v) is 41.3. The van der Waals surface area contributed by atoms with Crippen LogP contribution < -0.4 is 42.6 Å². The summed E-state index contributed by atoms with van der Waals surface area (Å²) in [7, 11) is 2.50. The predicted molar refractivity (Wildman–Crippen MR) is 259 cm³/mol. The summed E-state index contributed by atoms with van der Waals surface area (Å²) in [6, 6.07) is 4.73. The summed E-state index contributed by atoms with van der Waals surface area (Å²) in [4.78, 5) is 75.0. The Kier molecular flexibility index (Phi) is 23.5. The lowest BCUT2D eigenvalue weighted by atomic mass is 9.91. The molecule has 2 aromatic carbocycles. The van der Waals surface area contributed by atoms with Crippen LogP contribution in [0.4, 0.5) is 41.1 Å². The SMILES string of the molecule is CC(=O)OC(C)=O.CCN(CC)CC.COc1ccc(F)c(F)c1C(=O)c1cnc(NC2CCC(N)CC2)nc1N.COc1ccc(F)c(F)c1C(=O)c1cnc(NC2CCC(NC(C)=O)CC2)nc1N. The van der Waals surface area contributed by atoms with Crippen LogP contribution in [0.3, 0.4) is 0 Å². The number of carbonyl (C=O) groups excluding carboxylic acids is 5. The molecule has 1 amide bonds. The minimum atomic E-state index is -1.32. The Morgan fingerprint density at radius 3 is 1.28 bits per heavy atom. The van der Waals surface area contributed by atoms with Gasteiger partial charge in [-0.25, -0.2) is 27.5 Å². The van der Waals surface area contributed by atoms with Crippen LogP contribution in [0.2, 0.25) is 0 Å². The number of hydrogen-bond acceptors (Lipinski definition) is 18. The van der Waals surface area contributed by atoms with Gasteiger partial charge < -0.3 is 52.3 Å². The highest BCUT2D eigenvalue weighted by molar-refractivity contribution is 6.14. The second-order valence-electron chi connectivity index (χ2n) is 16.4. The molecule has 0 atom stereocenters. The molecule has 2 fully saturated rings. The fourth-order valence-corrected chi connectivity index (χ4v) is 7.55. The van der Waals surface area contributed by atoms with E-state index in [1.54, 1.807) is 0 Å². The van der Waals surface area contributed by atoms with Crippen LogP contribution in [0, 0.1) is 23.3 Å². The van der Waals surface area contributed by atoms with Gasteiger partial charge in [0, 0.05) is 57.3 Å². The van der Waals surface area contributed by atoms with Gasteiger partial charge >= 0.3 is 11.9 Å². The van der Waals surface area contributed by atoms with Gasteiger partial charge in [0.05, 0.1) is 25.3 Å². The normalized spacial score (nSPS) is 17.0. The third kappa shape index (κ3) is 17.7. The van der Waals surface area contributed by atoms with E-state index in [4.69, 9.17) is 26.7 Å². The van der Waals surface area contributed by atoms with E-state index in [9.17, 15) is 41.5 Å². The summed E-state index contributed by atoms with van der Waals surface area (Å²) in [6.45, 7) is 14.0. The minimum Gasteiger partial charge on any atom is -0.496 e. The molecule has 2 heterocycles. The van der Waals surface area contributed by atoms with Gasteiger partial charge in [0.2, 0.25) is 29.4 Å². The number of nitrogens with zero attached hydrogens (tertiary/aromatic N) is 5. The number of methoxy groups -OCH3 is 2. The molecule has 0 spiro atoms. The number of benzene rings is 2. The molecule has 4 aromatic rings. The van der Waals surface area contributed by atoms with Crippen LogP contribution >= 0.6 is 0 Å². The third-order valence-electron chi connectivity index (χ3n) is 11.3. The van der Waals surface area contributed by atoms with E-state index < -0.39 is 57.9 Å². The highest BCUT2D eigenvalue weighted by atomic mass is 19.2. The van der Waals surface area contributed by atoms with Crippen LogP contribution in [0.15, 0.2) is 36.7 Å². The van der Waals surface area contributed by atoms with E-state index in [1.165, 1.54) is 73.1 Å². The average molecular weight is 1000 g/mol. The number of nitrogen functional groups attached to an aromatic ring is 2. The molecular formula is C48H65F4N11O8. The van der Waals surface area contributed by atoms with E-state index >= 15 is 0 Å². The van der Waals surface area contributed by atoms with Gasteiger partial charge in [-0.3, -0.25) is 24.0 Å². The molecular weight excluding hydrogens is 935 g/mol. The molecule has 0 unspecified atom stereocenters. The maximum absolute atomic E-state index is 14.2. The molecule has 0 radical (unpaired) electrons. The van der Waals surface area contributed by atoms with Gasteiger partial charge in [0.15, 0.2) is 23.3 Å². The van der Waals surface area contributed by atoms with E-state index in [2.05, 4.69) is 66.3 Å². The Hall–Kier alpha value is -7.01. The lowest BCUT2D eigenvalue weighted by Crippen LogP contribution is -2.39. The molecule has 19 nitrogen and oxygen atoms in total. The first kappa shape index (κ1) is 58.3. The summed E-state index contributed by atoms with van der Waals surface area (Å²) < 4.78 is 69.5. The Labute approximate surface area is 410 Å². The summed E-state index contributed by atoms with van der Waals surface area (Å²) in [5.74, 6) is -7.85. The zero-order valence-electron chi connectivity index (χ0n) is 41.3. The van der Waals surface area contributed by atoms with Crippen LogP contribution in [-0.4, -0.2) is 112 Å². The van der Waals surface area contributed by atoms with Gasteiger partial charge in [-0.1, -0.05) is 20.8 Å². The van der Waals surface area contributed by atoms with Crippen LogP contribution in [-0.2, 0) is 19.1 Å². The van der Waals surface area contributed by atoms with E-state index in [-0.39, 0.29) is 76.2 Å². The van der Waals surface area contributed by atoms with Gasteiger partial charge in [0.1, 0.15) is 34.3 Å². The Bertz CT molecular complexity index is 2430. The van der Waals surface area contributed by atoms with Crippen LogP contribution in [0.25, 0.3) is 0 Å². The highest BCUT2D eigenvalue weighted by Gasteiger charge is 2.28. The van der Waals surface area contributed by atoms with Crippen molar-refractivity contribution >= 4 is 52.9 Å². The fraction of sp³-hybridized carbons (Fsp3) is 0.479. The lowest BCUT2D eigenvalue weighted by Gasteiger charge is -2.29. The van der Waals surface area contributed by atoms with Gasteiger partial charge in [-0.2, -0.15) is 9.97 Å². The summed E-state index contributed by atoms with van der Waals surface area (Å²) in [5.41, 5.74) is 16.3. The van der Waals surface area contributed by atoms with Crippen molar-refractivity contribution in [1.29, 1.82) is 0 Å². The number of esters is 2. The largest absolute Gasteiger partial charge is 0.496 e. The average Bonchev–Trinajstić information content (AvgIpc) is 3.32. The molecule has 23 heteroatoms. The number of halogens is 4. The van der Waals surface area contributed by atoms with Crippen molar-refractivity contribution in [3.8, 4) is 11.5 Å². The maximum atomic E-state index is 14.2. The number of rotatable bonds is 14. The predicted octanol–water partition coefficient (Wildman–Crippen LogP) is 6.14. The number of ether oxygens (including phenoxy) is 3. The Morgan fingerprint density at radius 2 is 0.986 bits per heavy atom. The molecule has 6 rings (SSSR count). The van der Waals surface area contributed by atoms with Crippen LogP contribution in [0.1, 0.15) is 125 Å². The smallest absolute Gasteiger partial charge is 0.310 e. The molecule has 0 aliphatic heterocycles.